The van der Waals surface area contributed by atoms with Crippen LogP contribution >= 0.6 is 0 Å². The third-order valence-electron chi connectivity index (χ3n) is 2.12. The topological polar surface area (TPSA) is 54.4 Å². The van der Waals surface area contributed by atoms with E-state index in [4.69, 9.17) is 0 Å². The number of hydrogen-bond acceptors (Lipinski definition) is 3. The van der Waals surface area contributed by atoms with Gasteiger partial charge >= 0.3 is 0 Å². The Hall–Kier alpha value is -1.81. The van der Waals surface area contributed by atoms with E-state index in [0.717, 1.165) is 0 Å². The number of hydrogen-bond donors (Lipinski definition) is 1. The van der Waals surface area contributed by atoms with E-state index in [1.54, 1.807) is 18.2 Å². The highest BCUT2D eigenvalue weighted by molar-refractivity contribution is 7.91. The van der Waals surface area contributed by atoms with Crippen LogP contribution < -0.4 is 0 Å². The molecule has 81 valence electrons. The monoisotopic (exact) mass is 233 g/mol. The molecule has 0 amide bonds. The Balaban J connectivity index is 2.56. The second-order valence-electron chi connectivity index (χ2n) is 3.23. The van der Waals surface area contributed by atoms with Crippen molar-refractivity contribution < 1.29 is 13.5 Å². The van der Waals surface area contributed by atoms with Gasteiger partial charge in [-0.15, -0.1) is 0 Å². The summed E-state index contributed by atoms with van der Waals surface area (Å²) in [5.41, 5.74) is 0. The lowest BCUT2D eigenvalue weighted by atomic mass is 10.3. The van der Waals surface area contributed by atoms with Gasteiger partial charge < -0.3 is 5.11 Å². The second kappa shape index (κ2) is 3.98. The van der Waals surface area contributed by atoms with Crippen molar-refractivity contribution in [1.29, 1.82) is 0 Å². The molecule has 0 bridgehead atoms. The molecule has 0 fully saturated rings. The molecule has 16 heavy (non-hydrogen) atoms. The van der Waals surface area contributed by atoms with E-state index in [1.165, 1.54) is 30.3 Å². The van der Waals surface area contributed by atoms with E-state index in [1.807, 2.05) is 0 Å². The quantitative estimate of drug-likeness (QED) is 0.863. The van der Waals surface area contributed by atoms with Gasteiger partial charge in [-0.1, -0.05) is 18.2 Å². The van der Waals surface area contributed by atoms with Crippen LogP contribution in [0.5, 0.6) is 5.75 Å². The zero-order valence-corrected chi connectivity index (χ0v) is 9.11. The summed E-state index contributed by atoms with van der Waals surface area (Å²) in [7, 11) is -3.54. The van der Waals surface area contributed by atoms with Gasteiger partial charge in [-0.2, -0.15) is 0 Å². The maximum Gasteiger partial charge on any atom is 0.206 e. The van der Waals surface area contributed by atoms with Gasteiger partial charge in [0, 0.05) is 6.07 Å². The van der Waals surface area contributed by atoms with E-state index < -0.39 is 9.84 Å². The van der Waals surface area contributed by atoms with Gasteiger partial charge in [-0.05, 0) is 30.3 Å². The first-order valence-corrected chi connectivity index (χ1v) is 6.10. The largest absolute Gasteiger partial charge is 0.507 e. The SMILES string of the molecule is O=S(=O)(c1ccccc1)c1cc[c]c(O)c1. The fraction of sp³-hybridized carbons (Fsp3) is 0. The highest BCUT2D eigenvalue weighted by atomic mass is 32.2. The number of phenolic OH excluding ortho intramolecular Hbond substituents is 1. The number of aromatic hydroxyl groups is 1. The number of phenols is 1. The standard InChI is InChI=1S/C12H9O3S/c13-10-5-4-8-12(9-10)16(14,15)11-6-2-1-3-7-11/h1-4,6-9,13H. The molecule has 0 aliphatic rings. The molecule has 1 radical (unpaired) electrons. The summed E-state index contributed by atoms with van der Waals surface area (Å²) in [6.07, 6.45) is 0. The summed E-state index contributed by atoms with van der Waals surface area (Å²) in [5.74, 6) is -0.183. The molecule has 0 heterocycles. The van der Waals surface area contributed by atoms with E-state index in [-0.39, 0.29) is 15.5 Å². The van der Waals surface area contributed by atoms with Crippen LogP contribution in [0.2, 0.25) is 0 Å². The lowest BCUT2D eigenvalue weighted by molar-refractivity contribution is 0.472. The molecule has 2 aromatic rings. The van der Waals surface area contributed by atoms with Crippen LogP contribution in [0.3, 0.4) is 0 Å². The zero-order valence-electron chi connectivity index (χ0n) is 8.29. The van der Waals surface area contributed by atoms with Gasteiger partial charge in [0.1, 0.15) is 5.75 Å². The number of sulfone groups is 1. The molecule has 2 rings (SSSR count). The molecule has 0 saturated heterocycles. The maximum absolute atomic E-state index is 12.1. The summed E-state index contributed by atoms with van der Waals surface area (Å²) >= 11 is 0. The smallest absolute Gasteiger partial charge is 0.206 e. The van der Waals surface area contributed by atoms with Gasteiger partial charge in [-0.25, -0.2) is 8.42 Å². The van der Waals surface area contributed by atoms with E-state index in [0.29, 0.717) is 0 Å². The summed E-state index contributed by atoms with van der Waals surface area (Å²) in [6.45, 7) is 0. The first-order chi connectivity index (χ1) is 7.60. The Kier molecular flexibility index (Phi) is 2.66. The van der Waals surface area contributed by atoms with Crippen LogP contribution in [0.25, 0.3) is 0 Å². The summed E-state index contributed by atoms with van der Waals surface area (Å²) in [4.78, 5) is 0.274. The van der Waals surface area contributed by atoms with Crippen molar-refractivity contribution in [2.45, 2.75) is 9.79 Å². The molecule has 0 aromatic heterocycles. The molecule has 4 heteroatoms. The minimum atomic E-state index is -3.54. The van der Waals surface area contributed by atoms with Crippen molar-refractivity contribution in [3.8, 4) is 5.75 Å². The predicted octanol–water partition coefficient (Wildman–Crippen LogP) is 2.03. The fourth-order valence-corrected chi connectivity index (χ4v) is 2.64. The van der Waals surface area contributed by atoms with Gasteiger partial charge in [0.2, 0.25) is 9.84 Å². The Morgan fingerprint density at radius 3 is 2.31 bits per heavy atom. The predicted molar refractivity (Wildman–Crippen MR) is 58.8 cm³/mol. The summed E-state index contributed by atoms with van der Waals surface area (Å²) in [5, 5.41) is 9.20. The van der Waals surface area contributed by atoms with E-state index in [2.05, 4.69) is 6.07 Å². The van der Waals surface area contributed by atoms with Crippen LogP contribution in [0.1, 0.15) is 0 Å². The number of benzene rings is 2. The molecule has 0 unspecified atom stereocenters. The minimum absolute atomic E-state index is 0.0648. The first kappa shape index (κ1) is 10.7. The Morgan fingerprint density at radius 1 is 1.00 bits per heavy atom. The third-order valence-corrected chi connectivity index (χ3v) is 3.89. The molecule has 0 aliphatic carbocycles. The van der Waals surface area contributed by atoms with E-state index in [9.17, 15) is 13.5 Å². The second-order valence-corrected chi connectivity index (χ2v) is 5.18. The van der Waals surface area contributed by atoms with Crippen molar-refractivity contribution >= 4 is 9.84 Å². The van der Waals surface area contributed by atoms with Gasteiger partial charge in [0.05, 0.1) is 9.79 Å². The summed E-state index contributed by atoms with van der Waals surface area (Å²) < 4.78 is 24.1. The lowest BCUT2D eigenvalue weighted by Crippen LogP contribution is -2.01. The molecule has 1 N–H and O–H groups in total. The Bertz CT molecular complexity index is 589. The summed E-state index contributed by atoms with van der Waals surface area (Å²) in [6, 6.07) is 14.5. The van der Waals surface area contributed by atoms with Crippen LogP contribution in [0, 0.1) is 6.07 Å². The molecule has 0 aliphatic heterocycles. The Labute approximate surface area is 93.9 Å². The molecule has 2 aromatic carbocycles. The average Bonchev–Trinajstić information content (AvgIpc) is 2.30. The zero-order chi connectivity index (χ0) is 11.6. The minimum Gasteiger partial charge on any atom is -0.507 e. The van der Waals surface area contributed by atoms with E-state index >= 15 is 0 Å². The van der Waals surface area contributed by atoms with Crippen LogP contribution in [-0.2, 0) is 9.84 Å². The first-order valence-electron chi connectivity index (χ1n) is 4.61. The van der Waals surface area contributed by atoms with Gasteiger partial charge in [-0.3, -0.25) is 0 Å². The third kappa shape index (κ3) is 1.92. The van der Waals surface area contributed by atoms with Crippen molar-refractivity contribution in [3.63, 3.8) is 0 Å². The van der Waals surface area contributed by atoms with Crippen molar-refractivity contribution in [3.05, 3.63) is 54.6 Å². The number of rotatable bonds is 2. The van der Waals surface area contributed by atoms with Gasteiger partial charge in [0.25, 0.3) is 0 Å². The Morgan fingerprint density at radius 2 is 1.69 bits per heavy atom. The van der Waals surface area contributed by atoms with Crippen molar-refractivity contribution in [2.75, 3.05) is 0 Å². The fourth-order valence-electron chi connectivity index (χ4n) is 1.34. The highest BCUT2D eigenvalue weighted by Gasteiger charge is 2.17. The van der Waals surface area contributed by atoms with Crippen LogP contribution in [0.15, 0.2) is 58.3 Å². The van der Waals surface area contributed by atoms with Crippen molar-refractivity contribution in [2.24, 2.45) is 0 Å². The normalized spacial score (nSPS) is 11.2. The van der Waals surface area contributed by atoms with Crippen LogP contribution in [0.4, 0.5) is 0 Å². The lowest BCUT2D eigenvalue weighted by Gasteiger charge is -2.04. The maximum atomic E-state index is 12.1. The molecule has 0 atom stereocenters. The molecule has 3 nitrogen and oxygen atoms in total. The van der Waals surface area contributed by atoms with Gasteiger partial charge in [0.15, 0.2) is 0 Å². The molecular weight excluding hydrogens is 224 g/mol. The molecular formula is C12H9O3S. The van der Waals surface area contributed by atoms with Crippen molar-refractivity contribution in [1.82, 2.24) is 0 Å². The molecule has 0 saturated carbocycles. The van der Waals surface area contributed by atoms with Crippen LogP contribution in [-0.4, -0.2) is 13.5 Å². The molecule has 0 spiro atoms. The highest BCUT2D eigenvalue weighted by Crippen LogP contribution is 2.22. The average molecular weight is 233 g/mol.